The Labute approximate surface area is 220 Å². The van der Waals surface area contributed by atoms with Gasteiger partial charge in [-0.05, 0) is 42.4 Å². The molecule has 2 fully saturated rings. The number of piperazine rings is 1. The number of hydrogen-bond donors (Lipinski definition) is 0. The number of halogens is 4. The van der Waals surface area contributed by atoms with Crippen LogP contribution in [-0.2, 0) is 16.6 Å². The van der Waals surface area contributed by atoms with Gasteiger partial charge >= 0.3 is 6.03 Å². The first-order valence-electron chi connectivity index (χ1n) is 11.5. The Morgan fingerprint density at radius 1 is 0.972 bits per heavy atom. The van der Waals surface area contributed by atoms with Crippen molar-refractivity contribution in [2.24, 2.45) is 0 Å². The topological polar surface area (TPSA) is 64.2 Å². The third kappa shape index (κ3) is 5.94. The van der Waals surface area contributed by atoms with Gasteiger partial charge < -0.3 is 9.80 Å². The normalized spacial score (nSPS) is 21.4. The van der Waals surface area contributed by atoms with Crippen molar-refractivity contribution in [2.75, 3.05) is 52.6 Å². The average Bonchev–Trinajstić information content (AvgIpc) is 3.28. The molecule has 0 aliphatic carbocycles. The zero-order valence-electron chi connectivity index (χ0n) is 20.0. The van der Waals surface area contributed by atoms with Crippen molar-refractivity contribution in [2.45, 2.75) is 18.5 Å². The minimum absolute atomic E-state index is 0.101. The molecule has 0 spiro atoms. The van der Waals surface area contributed by atoms with Gasteiger partial charge in [0.1, 0.15) is 0 Å². The maximum atomic E-state index is 13.8. The Bertz CT molecular complexity index is 1240. The van der Waals surface area contributed by atoms with Crippen molar-refractivity contribution in [3.05, 3.63) is 69.2 Å². The summed E-state index contributed by atoms with van der Waals surface area (Å²) in [5, 5.41) is 0.847. The molecule has 2 aromatic rings. The Morgan fingerprint density at radius 2 is 1.67 bits per heavy atom. The molecule has 36 heavy (non-hydrogen) atoms. The van der Waals surface area contributed by atoms with Crippen LogP contribution in [0.25, 0.3) is 0 Å². The quantitative estimate of drug-likeness (QED) is 0.557. The summed E-state index contributed by atoms with van der Waals surface area (Å²) in [7, 11) is -1.42. The van der Waals surface area contributed by atoms with Gasteiger partial charge in [0.2, 0.25) is 10.0 Å². The third-order valence-corrected chi connectivity index (χ3v) is 8.93. The van der Waals surface area contributed by atoms with Gasteiger partial charge in [0.15, 0.2) is 11.6 Å². The molecule has 2 heterocycles. The smallest absolute Gasteiger partial charge is 0.320 e. The second-order valence-corrected chi connectivity index (χ2v) is 12.1. The van der Waals surface area contributed by atoms with Crippen molar-refractivity contribution in [1.82, 2.24) is 19.0 Å². The van der Waals surface area contributed by atoms with E-state index in [1.54, 1.807) is 28.0 Å². The molecule has 0 radical (unpaired) electrons. The molecule has 4 rings (SSSR count). The summed E-state index contributed by atoms with van der Waals surface area (Å²) in [6.45, 7) is 2.34. The van der Waals surface area contributed by atoms with Gasteiger partial charge in [0.05, 0.1) is 16.3 Å². The molecule has 2 amide bonds. The fraction of sp³-hybridized carbons (Fsp3) is 0.458. The van der Waals surface area contributed by atoms with Gasteiger partial charge in [0, 0.05) is 57.8 Å². The van der Waals surface area contributed by atoms with Crippen LogP contribution in [0.4, 0.5) is 13.6 Å². The summed E-state index contributed by atoms with van der Waals surface area (Å²) in [6.07, 6.45) is 1.17. The lowest BCUT2D eigenvalue weighted by atomic mass is 9.93. The van der Waals surface area contributed by atoms with E-state index >= 15 is 0 Å². The van der Waals surface area contributed by atoms with Crippen LogP contribution in [0, 0.1) is 11.6 Å². The fourth-order valence-electron chi connectivity index (χ4n) is 4.91. The van der Waals surface area contributed by atoms with E-state index in [-0.39, 0.29) is 31.1 Å². The monoisotopic (exact) mass is 560 g/mol. The molecule has 7 nitrogen and oxygen atoms in total. The zero-order chi connectivity index (χ0) is 26.2. The first-order valence-corrected chi connectivity index (χ1v) is 14.1. The number of likely N-dealkylation sites (N-methyl/N-ethyl adjacent to an activating group) is 1. The highest BCUT2D eigenvalue weighted by Gasteiger charge is 2.40. The molecule has 0 saturated carbocycles. The molecule has 2 aliphatic heterocycles. The number of carbonyl (C=O) groups excluding carboxylic acids is 1. The Kier molecular flexibility index (Phi) is 8.11. The second kappa shape index (κ2) is 10.8. The van der Waals surface area contributed by atoms with E-state index in [9.17, 15) is 22.0 Å². The van der Waals surface area contributed by atoms with Crippen molar-refractivity contribution in [3.63, 3.8) is 0 Å². The number of amides is 2. The number of rotatable bonds is 5. The predicted molar refractivity (Wildman–Crippen MR) is 136 cm³/mol. The summed E-state index contributed by atoms with van der Waals surface area (Å²) < 4.78 is 52.2. The molecule has 2 aliphatic rings. The molecule has 0 aromatic heterocycles. The molecular weight excluding hydrogens is 533 g/mol. The molecule has 0 unspecified atom stereocenters. The van der Waals surface area contributed by atoms with Crippen LogP contribution in [0.15, 0.2) is 36.4 Å². The van der Waals surface area contributed by atoms with E-state index in [0.717, 1.165) is 11.6 Å². The summed E-state index contributed by atoms with van der Waals surface area (Å²) in [4.78, 5) is 18.8. The molecule has 0 N–H and O–H groups in total. The van der Waals surface area contributed by atoms with Crippen molar-refractivity contribution in [3.8, 4) is 0 Å². The highest BCUT2D eigenvalue weighted by atomic mass is 35.5. The van der Waals surface area contributed by atoms with E-state index in [0.29, 0.717) is 48.3 Å². The first-order chi connectivity index (χ1) is 16.9. The maximum absolute atomic E-state index is 13.8. The lowest BCUT2D eigenvalue weighted by Gasteiger charge is -2.35. The van der Waals surface area contributed by atoms with E-state index < -0.39 is 21.7 Å². The summed E-state index contributed by atoms with van der Waals surface area (Å²) >= 11 is 12.4. The van der Waals surface area contributed by atoms with Gasteiger partial charge in [0.25, 0.3) is 0 Å². The van der Waals surface area contributed by atoms with Crippen LogP contribution in [0.5, 0.6) is 0 Å². The predicted octanol–water partition coefficient (Wildman–Crippen LogP) is 3.87. The van der Waals surface area contributed by atoms with Crippen LogP contribution in [0.1, 0.15) is 17.0 Å². The number of sulfonamides is 1. The fourth-order valence-corrected chi connectivity index (χ4v) is 6.05. The van der Waals surface area contributed by atoms with Gasteiger partial charge in [-0.2, -0.15) is 4.31 Å². The van der Waals surface area contributed by atoms with Gasteiger partial charge in [-0.1, -0.05) is 35.3 Å². The summed E-state index contributed by atoms with van der Waals surface area (Å²) in [5.74, 6) is -1.90. The zero-order valence-corrected chi connectivity index (χ0v) is 22.3. The van der Waals surface area contributed by atoms with Crippen LogP contribution in [0.3, 0.4) is 0 Å². The molecule has 0 bridgehead atoms. The largest absolute Gasteiger partial charge is 0.322 e. The van der Waals surface area contributed by atoms with E-state index in [1.807, 2.05) is 18.0 Å². The summed E-state index contributed by atoms with van der Waals surface area (Å²) in [6, 6.07) is 8.95. The summed E-state index contributed by atoms with van der Waals surface area (Å²) in [5.41, 5.74) is 1.54. The van der Waals surface area contributed by atoms with Gasteiger partial charge in [-0.15, -0.1) is 0 Å². The number of urea groups is 1. The number of benzene rings is 2. The average molecular weight is 561 g/mol. The lowest BCUT2D eigenvalue weighted by Crippen LogP contribution is -2.53. The third-order valence-electron chi connectivity index (χ3n) is 6.89. The molecule has 2 atom stereocenters. The SMILES string of the molecule is CN(Cc1ccc(F)c(F)c1)[C@H]1CN(C(=O)N2CCN(S(C)(=O)=O)CC2)C[C@@H]1c1ccc(Cl)c(Cl)c1. The number of hydrogen-bond acceptors (Lipinski definition) is 4. The lowest BCUT2D eigenvalue weighted by molar-refractivity contribution is 0.138. The van der Waals surface area contributed by atoms with Crippen molar-refractivity contribution < 1.29 is 22.0 Å². The first kappa shape index (κ1) is 27.1. The van der Waals surface area contributed by atoms with Crippen LogP contribution < -0.4 is 0 Å². The Hall–Kier alpha value is -1.98. The highest BCUT2D eigenvalue weighted by molar-refractivity contribution is 7.88. The molecule has 196 valence electrons. The Morgan fingerprint density at radius 3 is 2.28 bits per heavy atom. The van der Waals surface area contributed by atoms with E-state index in [2.05, 4.69) is 0 Å². The molecule has 12 heteroatoms. The minimum Gasteiger partial charge on any atom is -0.322 e. The maximum Gasteiger partial charge on any atom is 0.320 e. The van der Waals surface area contributed by atoms with Gasteiger partial charge in [-0.25, -0.2) is 22.0 Å². The van der Waals surface area contributed by atoms with Crippen LogP contribution in [-0.4, -0.2) is 92.1 Å². The minimum atomic E-state index is -3.30. The second-order valence-electron chi connectivity index (χ2n) is 9.35. The van der Waals surface area contributed by atoms with Crippen LogP contribution in [0.2, 0.25) is 10.0 Å². The molecule has 2 aromatic carbocycles. The van der Waals surface area contributed by atoms with Crippen LogP contribution >= 0.6 is 23.2 Å². The molecular formula is C24H28Cl2F2N4O3S. The molecule has 2 saturated heterocycles. The van der Waals surface area contributed by atoms with E-state index in [1.165, 1.54) is 16.6 Å². The highest BCUT2D eigenvalue weighted by Crippen LogP contribution is 2.35. The van der Waals surface area contributed by atoms with E-state index in [4.69, 9.17) is 23.2 Å². The standard InChI is InChI=1S/C24H28Cl2F2N4O3S/c1-29(13-16-3-6-21(27)22(28)11-16)23-15-31(14-18(23)17-4-5-19(25)20(26)12-17)24(33)30-7-9-32(10-8-30)36(2,34)35/h3-6,11-12,18,23H,7-10,13-15H2,1-2H3/t18-,23+/m1/s1. The number of likely N-dealkylation sites (tertiary alicyclic amines) is 1. The van der Waals surface area contributed by atoms with Crippen molar-refractivity contribution in [1.29, 1.82) is 0 Å². The van der Waals surface area contributed by atoms with Crippen molar-refractivity contribution >= 4 is 39.3 Å². The van der Waals surface area contributed by atoms with Gasteiger partial charge in [-0.3, -0.25) is 4.90 Å². The Balaban J connectivity index is 1.53. The number of nitrogens with zero attached hydrogens (tertiary/aromatic N) is 4. The number of carbonyl (C=O) groups is 1.